The maximum atomic E-state index is 14.5. The number of fused-ring (bicyclic) bond motifs is 1. The Labute approximate surface area is 174 Å². The number of aromatic nitrogens is 2. The monoisotopic (exact) mass is 422 g/mol. The molecular weight excluding hydrogens is 407 g/mol. The van der Waals surface area contributed by atoms with E-state index in [2.05, 4.69) is 4.98 Å². The van der Waals surface area contributed by atoms with Crippen LogP contribution in [0.5, 0.6) is 11.5 Å². The lowest BCUT2D eigenvalue weighted by Gasteiger charge is -2.13. The molecule has 3 aromatic carbocycles. The van der Waals surface area contributed by atoms with E-state index in [0.717, 1.165) is 22.4 Å². The van der Waals surface area contributed by atoms with Gasteiger partial charge in [-0.1, -0.05) is 36.0 Å². The number of hydrogen-bond acceptors (Lipinski definition) is 6. The molecule has 0 aliphatic heterocycles. The van der Waals surface area contributed by atoms with Crippen LogP contribution in [0.25, 0.3) is 16.6 Å². The Balaban J connectivity index is 1.77. The fraction of sp³-hybridized carbons (Fsp3) is 0.0455. The van der Waals surface area contributed by atoms with Gasteiger partial charge in [-0.05, 0) is 42.5 Å². The van der Waals surface area contributed by atoms with Crippen LogP contribution >= 0.6 is 11.8 Å². The number of ketones is 1. The Hall–Kier alpha value is -3.65. The van der Waals surface area contributed by atoms with Gasteiger partial charge in [0.2, 0.25) is 0 Å². The molecule has 0 saturated heterocycles. The molecule has 0 amide bonds. The Morgan fingerprint density at radius 3 is 2.50 bits per heavy atom. The molecule has 0 spiro atoms. The van der Waals surface area contributed by atoms with Crippen LogP contribution < -0.4 is 5.56 Å². The molecule has 0 fully saturated rings. The maximum absolute atomic E-state index is 14.5. The summed E-state index contributed by atoms with van der Waals surface area (Å²) < 4.78 is 15.6. The van der Waals surface area contributed by atoms with Crippen molar-refractivity contribution in [1.82, 2.24) is 9.55 Å². The van der Waals surface area contributed by atoms with Crippen molar-refractivity contribution < 1.29 is 19.4 Å². The van der Waals surface area contributed by atoms with E-state index >= 15 is 0 Å². The van der Waals surface area contributed by atoms with Crippen LogP contribution in [0.2, 0.25) is 0 Å². The molecule has 0 saturated carbocycles. The molecule has 0 atom stereocenters. The molecule has 150 valence electrons. The van der Waals surface area contributed by atoms with Crippen molar-refractivity contribution in [2.45, 2.75) is 5.16 Å². The summed E-state index contributed by atoms with van der Waals surface area (Å²) in [6.07, 6.45) is 0. The van der Waals surface area contributed by atoms with Gasteiger partial charge in [0.15, 0.2) is 22.4 Å². The standard InChI is InChI=1S/C22H15FN2O4S/c23-15-6-2-4-8-17(15)25-21(29)14-5-1-3-7-16(14)24-22(25)30-12-20(28)13-9-10-18(26)19(27)11-13/h1-11,26-27H,12H2. The third-order valence-electron chi connectivity index (χ3n) is 4.47. The lowest BCUT2D eigenvalue weighted by atomic mass is 10.1. The van der Waals surface area contributed by atoms with Crippen LogP contribution in [0.15, 0.2) is 76.7 Å². The van der Waals surface area contributed by atoms with E-state index in [1.54, 1.807) is 30.3 Å². The van der Waals surface area contributed by atoms with Crippen LogP contribution in [0.4, 0.5) is 4.39 Å². The minimum absolute atomic E-state index is 0.0398. The van der Waals surface area contributed by atoms with Gasteiger partial charge in [0, 0.05) is 5.56 Å². The predicted octanol–water partition coefficient (Wildman–Crippen LogP) is 3.91. The van der Waals surface area contributed by atoms with Gasteiger partial charge in [0.25, 0.3) is 5.56 Å². The number of benzene rings is 3. The fourth-order valence-corrected chi connectivity index (χ4v) is 3.87. The van der Waals surface area contributed by atoms with Gasteiger partial charge in [0.05, 0.1) is 22.3 Å². The Morgan fingerprint density at radius 1 is 1.00 bits per heavy atom. The zero-order chi connectivity index (χ0) is 21.3. The topological polar surface area (TPSA) is 92.4 Å². The quantitative estimate of drug-likeness (QED) is 0.219. The second-order valence-corrected chi connectivity index (χ2v) is 7.36. The number of carbonyl (C=O) groups is 1. The molecule has 0 bridgehead atoms. The molecule has 0 aliphatic carbocycles. The van der Waals surface area contributed by atoms with E-state index in [4.69, 9.17) is 0 Å². The molecule has 4 aromatic rings. The summed E-state index contributed by atoms with van der Waals surface area (Å²) in [6, 6.07) is 16.3. The molecule has 30 heavy (non-hydrogen) atoms. The molecule has 1 heterocycles. The van der Waals surface area contributed by atoms with Crippen molar-refractivity contribution >= 4 is 28.4 Å². The molecule has 0 unspecified atom stereocenters. The lowest BCUT2D eigenvalue weighted by molar-refractivity contribution is 0.102. The summed E-state index contributed by atoms with van der Waals surface area (Å²) in [5.74, 6) is -1.78. The molecule has 0 aliphatic rings. The zero-order valence-electron chi connectivity index (χ0n) is 15.4. The number of rotatable bonds is 5. The molecule has 6 nitrogen and oxygen atoms in total. The maximum Gasteiger partial charge on any atom is 0.266 e. The van der Waals surface area contributed by atoms with E-state index in [1.165, 1.54) is 30.3 Å². The Kier molecular flexibility index (Phi) is 5.24. The number of hydrogen-bond donors (Lipinski definition) is 2. The predicted molar refractivity (Wildman–Crippen MR) is 112 cm³/mol. The summed E-state index contributed by atoms with van der Waals surface area (Å²) in [7, 11) is 0. The second kappa shape index (κ2) is 8.00. The van der Waals surface area contributed by atoms with E-state index in [-0.39, 0.29) is 33.7 Å². The normalized spacial score (nSPS) is 11.0. The first-order chi connectivity index (χ1) is 14.5. The van der Waals surface area contributed by atoms with Gasteiger partial charge in [-0.3, -0.25) is 14.2 Å². The summed E-state index contributed by atoms with van der Waals surface area (Å²) >= 11 is 0.984. The lowest BCUT2D eigenvalue weighted by Crippen LogP contribution is -2.23. The van der Waals surface area contributed by atoms with Crippen molar-refractivity contribution in [3.8, 4) is 17.2 Å². The highest BCUT2D eigenvalue weighted by Gasteiger charge is 2.18. The van der Waals surface area contributed by atoms with Gasteiger partial charge in [0.1, 0.15) is 5.82 Å². The van der Waals surface area contributed by atoms with Gasteiger partial charge >= 0.3 is 0 Å². The van der Waals surface area contributed by atoms with Gasteiger partial charge in [-0.25, -0.2) is 9.37 Å². The van der Waals surface area contributed by atoms with E-state index in [0.29, 0.717) is 10.9 Å². The van der Waals surface area contributed by atoms with Gasteiger partial charge in [-0.15, -0.1) is 0 Å². The third-order valence-corrected chi connectivity index (χ3v) is 5.41. The SMILES string of the molecule is O=C(CSc1nc2ccccc2c(=O)n1-c1ccccc1F)c1ccc(O)c(O)c1. The summed E-state index contributed by atoms with van der Waals surface area (Å²) in [6.45, 7) is 0. The van der Waals surface area contributed by atoms with Crippen LogP contribution in [-0.2, 0) is 0 Å². The van der Waals surface area contributed by atoms with Crippen molar-refractivity contribution in [3.63, 3.8) is 0 Å². The van der Waals surface area contributed by atoms with Gasteiger partial charge in [-0.2, -0.15) is 0 Å². The number of carbonyl (C=O) groups excluding carboxylic acids is 1. The van der Waals surface area contributed by atoms with Crippen molar-refractivity contribution in [2.75, 3.05) is 5.75 Å². The largest absolute Gasteiger partial charge is 0.504 e. The number of aromatic hydroxyl groups is 2. The zero-order valence-corrected chi connectivity index (χ0v) is 16.3. The smallest absolute Gasteiger partial charge is 0.266 e. The molecule has 2 N–H and O–H groups in total. The van der Waals surface area contributed by atoms with Crippen molar-refractivity contribution in [1.29, 1.82) is 0 Å². The molecular formula is C22H15FN2O4S. The van der Waals surface area contributed by atoms with Gasteiger partial charge < -0.3 is 10.2 Å². The Morgan fingerprint density at radius 2 is 1.73 bits per heavy atom. The molecule has 4 rings (SSSR count). The summed E-state index contributed by atoms with van der Waals surface area (Å²) in [4.78, 5) is 30.1. The summed E-state index contributed by atoms with van der Waals surface area (Å²) in [5.41, 5.74) is 0.228. The van der Waals surface area contributed by atoms with Crippen LogP contribution in [0.3, 0.4) is 0 Å². The number of para-hydroxylation sites is 2. The van der Waals surface area contributed by atoms with E-state index in [9.17, 15) is 24.2 Å². The number of nitrogens with zero attached hydrogens (tertiary/aromatic N) is 2. The van der Waals surface area contributed by atoms with Crippen LogP contribution in [0, 0.1) is 5.82 Å². The number of thioether (sulfide) groups is 1. The number of Topliss-reactive ketones (excluding diaryl/α,β-unsaturated/α-hetero) is 1. The first-order valence-corrected chi connectivity index (χ1v) is 9.89. The molecule has 0 radical (unpaired) electrons. The van der Waals surface area contributed by atoms with E-state index < -0.39 is 17.1 Å². The minimum Gasteiger partial charge on any atom is -0.504 e. The average Bonchev–Trinajstić information content (AvgIpc) is 2.75. The Bertz CT molecular complexity index is 1340. The molecule has 1 aromatic heterocycles. The minimum atomic E-state index is -0.590. The second-order valence-electron chi connectivity index (χ2n) is 6.42. The van der Waals surface area contributed by atoms with Crippen LogP contribution in [0.1, 0.15) is 10.4 Å². The van der Waals surface area contributed by atoms with Crippen LogP contribution in [-0.4, -0.2) is 31.3 Å². The van der Waals surface area contributed by atoms with E-state index in [1.807, 2.05) is 0 Å². The highest BCUT2D eigenvalue weighted by Crippen LogP contribution is 2.27. The average molecular weight is 422 g/mol. The molecule has 8 heteroatoms. The first-order valence-electron chi connectivity index (χ1n) is 8.90. The highest BCUT2D eigenvalue weighted by atomic mass is 32.2. The number of phenols is 2. The van der Waals surface area contributed by atoms with Crippen molar-refractivity contribution in [2.24, 2.45) is 0 Å². The van der Waals surface area contributed by atoms with Crippen molar-refractivity contribution in [3.05, 3.63) is 88.5 Å². The fourth-order valence-electron chi connectivity index (χ4n) is 2.96. The third kappa shape index (κ3) is 3.65. The first kappa shape index (κ1) is 19.7. The number of phenolic OH excluding ortho intramolecular Hbond substituents is 2. The summed E-state index contributed by atoms with van der Waals surface area (Å²) in [5, 5.41) is 19.5. The number of halogens is 1. The highest BCUT2D eigenvalue weighted by molar-refractivity contribution is 7.99.